The smallest absolute Gasteiger partial charge is 0.226 e. The van der Waals surface area contributed by atoms with Crippen molar-refractivity contribution in [3.05, 3.63) is 65.5 Å². The SMILES string of the molecule is Cc1cccc(-n2c(C)nnc2S[C@H](C)C(=O)c2ccc(NC(=O)C(C)C)cc2)c1. The maximum absolute atomic E-state index is 12.9. The highest BCUT2D eigenvalue weighted by Crippen LogP contribution is 2.28. The molecule has 0 saturated carbocycles. The van der Waals surface area contributed by atoms with Gasteiger partial charge in [0.25, 0.3) is 0 Å². The van der Waals surface area contributed by atoms with Crippen LogP contribution in [0.25, 0.3) is 5.69 Å². The number of carbonyl (C=O) groups is 2. The summed E-state index contributed by atoms with van der Waals surface area (Å²) in [6.45, 7) is 9.48. The first-order chi connectivity index (χ1) is 14.3. The van der Waals surface area contributed by atoms with Crippen LogP contribution in [0.3, 0.4) is 0 Å². The molecule has 1 atom stereocenters. The van der Waals surface area contributed by atoms with Crippen molar-refractivity contribution in [2.24, 2.45) is 5.92 Å². The summed E-state index contributed by atoms with van der Waals surface area (Å²) in [5.41, 5.74) is 3.39. The maximum Gasteiger partial charge on any atom is 0.226 e. The van der Waals surface area contributed by atoms with Crippen LogP contribution in [-0.2, 0) is 4.79 Å². The number of anilines is 1. The molecule has 156 valence electrons. The predicted octanol–water partition coefficient (Wildman–Crippen LogP) is 4.84. The molecule has 1 N–H and O–H groups in total. The highest BCUT2D eigenvalue weighted by molar-refractivity contribution is 8.00. The van der Waals surface area contributed by atoms with Crippen molar-refractivity contribution in [2.75, 3.05) is 5.32 Å². The number of nitrogens with one attached hydrogen (secondary N) is 1. The van der Waals surface area contributed by atoms with Gasteiger partial charge < -0.3 is 5.32 Å². The molecule has 1 amide bonds. The van der Waals surface area contributed by atoms with Gasteiger partial charge in [-0.25, -0.2) is 0 Å². The van der Waals surface area contributed by atoms with Crippen LogP contribution in [-0.4, -0.2) is 31.7 Å². The van der Waals surface area contributed by atoms with E-state index in [1.54, 1.807) is 24.3 Å². The van der Waals surface area contributed by atoms with Crippen LogP contribution in [0, 0.1) is 19.8 Å². The highest BCUT2D eigenvalue weighted by atomic mass is 32.2. The first kappa shape index (κ1) is 21.8. The van der Waals surface area contributed by atoms with E-state index in [0.29, 0.717) is 16.4 Å². The molecule has 3 rings (SSSR count). The van der Waals surface area contributed by atoms with Gasteiger partial charge in [-0.15, -0.1) is 10.2 Å². The molecule has 0 aliphatic carbocycles. The summed E-state index contributed by atoms with van der Waals surface area (Å²) >= 11 is 1.38. The van der Waals surface area contributed by atoms with Gasteiger partial charge in [-0.3, -0.25) is 14.2 Å². The topological polar surface area (TPSA) is 76.9 Å². The van der Waals surface area contributed by atoms with Gasteiger partial charge in [-0.2, -0.15) is 0 Å². The standard InChI is InChI=1S/C23H26N4O2S/c1-14(2)22(29)24-19-11-9-18(10-12-19)21(28)16(4)30-23-26-25-17(5)27(23)20-8-6-7-15(3)13-20/h6-14,16H,1-5H3,(H,24,29)/t16-/m1/s1. The number of hydrogen-bond acceptors (Lipinski definition) is 5. The molecular weight excluding hydrogens is 396 g/mol. The Balaban J connectivity index is 1.75. The number of aryl methyl sites for hydroxylation is 2. The van der Waals surface area contributed by atoms with Crippen LogP contribution in [0.4, 0.5) is 5.69 Å². The fourth-order valence-corrected chi connectivity index (χ4v) is 3.92. The zero-order valence-corrected chi connectivity index (χ0v) is 18.7. The number of rotatable bonds is 7. The summed E-state index contributed by atoms with van der Waals surface area (Å²) in [5, 5.41) is 11.7. The van der Waals surface area contributed by atoms with E-state index in [9.17, 15) is 9.59 Å². The minimum atomic E-state index is -0.340. The Hall–Kier alpha value is -2.93. The first-order valence-corrected chi connectivity index (χ1v) is 10.7. The van der Waals surface area contributed by atoms with Gasteiger partial charge in [0.15, 0.2) is 10.9 Å². The highest BCUT2D eigenvalue weighted by Gasteiger charge is 2.21. The minimum Gasteiger partial charge on any atom is -0.326 e. The summed E-state index contributed by atoms with van der Waals surface area (Å²) in [5.74, 6) is 0.618. The lowest BCUT2D eigenvalue weighted by Gasteiger charge is -2.13. The molecule has 0 unspecified atom stereocenters. The molecule has 0 bridgehead atoms. The number of benzene rings is 2. The normalized spacial score (nSPS) is 12.1. The molecule has 0 radical (unpaired) electrons. The van der Waals surface area contributed by atoms with Gasteiger partial charge in [-0.1, -0.05) is 37.7 Å². The van der Waals surface area contributed by atoms with Crippen LogP contribution in [0.2, 0.25) is 0 Å². The summed E-state index contributed by atoms with van der Waals surface area (Å²) in [6, 6.07) is 15.1. The third kappa shape index (κ3) is 4.97. The second kappa shape index (κ2) is 9.26. The molecule has 0 aliphatic heterocycles. The van der Waals surface area contributed by atoms with Gasteiger partial charge in [0.05, 0.1) is 5.25 Å². The third-order valence-corrected chi connectivity index (χ3v) is 5.71. The van der Waals surface area contributed by atoms with E-state index in [-0.39, 0.29) is 22.9 Å². The molecule has 30 heavy (non-hydrogen) atoms. The van der Waals surface area contributed by atoms with E-state index in [2.05, 4.69) is 21.6 Å². The van der Waals surface area contributed by atoms with Crippen LogP contribution in [0.15, 0.2) is 53.7 Å². The number of nitrogens with zero attached hydrogens (tertiary/aromatic N) is 3. The summed E-state index contributed by atoms with van der Waals surface area (Å²) in [6.07, 6.45) is 0. The lowest BCUT2D eigenvalue weighted by atomic mass is 10.1. The molecule has 0 saturated heterocycles. The predicted molar refractivity (Wildman–Crippen MR) is 120 cm³/mol. The molecule has 1 aromatic heterocycles. The molecule has 0 aliphatic rings. The average molecular weight is 423 g/mol. The Morgan fingerprint density at radius 3 is 2.33 bits per heavy atom. The number of thioether (sulfide) groups is 1. The van der Waals surface area contributed by atoms with E-state index in [1.807, 2.05) is 57.4 Å². The summed E-state index contributed by atoms with van der Waals surface area (Å²) in [7, 11) is 0. The van der Waals surface area contributed by atoms with Crippen LogP contribution < -0.4 is 5.32 Å². The van der Waals surface area contributed by atoms with Crippen molar-refractivity contribution >= 4 is 29.1 Å². The van der Waals surface area contributed by atoms with E-state index in [0.717, 1.165) is 17.1 Å². The number of carbonyl (C=O) groups excluding carboxylic acids is 2. The van der Waals surface area contributed by atoms with Gasteiger partial charge in [0.2, 0.25) is 5.91 Å². The molecule has 2 aromatic carbocycles. The Bertz CT molecular complexity index is 1060. The van der Waals surface area contributed by atoms with Crippen molar-refractivity contribution in [1.82, 2.24) is 14.8 Å². The third-order valence-electron chi connectivity index (χ3n) is 4.67. The number of hydrogen-bond donors (Lipinski definition) is 1. The molecular formula is C23H26N4O2S. The van der Waals surface area contributed by atoms with E-state index < -0.39 is 0 Å². The zero-order chi connectivity index (χ0) is 21.8. The van der Waals surface area contributed by atoms with Crippen molar-refractivity contribution in [3.63, 3.8) is 0 Å². The summed E-state index contributed by atoms with van der Waals surface area (Å²) in [4.78, 5) is 24.8. The number of amides is 1. The molecule has 1 heterocycles. The minimum absolute atomic E-state index is 0.00168. The Kier molecular flexibility index (Phi) is 6.72. The van der Waals surface area contributed by atoms with Crippen molar-refractivity contribution < 1.29 is 9.59 Å². The Labute approximate surface area is 181 Å². The van der Waals surface area contributed by atoms with Gasteiger partial charge in [-0.05, 0) is 62.7 Å². The fraction of sp³-hybridized carbons (Fsp3) is 0.304. The largest absolute Gasteiger partial charge is 0.326 e. The quantitative estimate of drug-likeness (QED) is 0.435. The van der Waals surface area contributed by atoms with Crippen molar-refractivity contribution in [2.45, 2.75) is 45.0 Å². The van der Waals surface area contributed by atoms with Crippen LogP contribution in [0.5, 0.6) is 0 Å². The van der Waals surface area contributed by atoms with Gasteiger partial charge >= 0.3 is 0 Å². The number of aromatic nitrogens is 3. The molecule has 7 heteroatoms. The second-order valence-electron chi connectivity index (χ2n) is 7.55. The second-order valence-corrected chi connectivity index (χ2v) is 8.86. The first-order valence-electron chi connectivity index (χ1n) is 9.87. The molecule has 3 aromatic rings. The molecule has 0 spiro atoms. The van der Waals surface area contributed by atoms with E-state index in [4.69, 9.17) is 0 Å². The lowest BCUT2D eigenvalue weighted by Crippen LogP contribution is -2.18. The van der Waals surface area contributed by atoms with Gasteiger partial charge in [0, 0.05) is 22.9 Å². The Morgan fingerprint density at radius 1 is 1.00 bits per heavy atom. The zero-order valence-electron chi connectivity index (χ0n) is 17.8. The fourth-order valence-electron chi connectivity index (χ4n) is 2.93. The summed E-state index contributed by atoms with van der Waals surface area (Å²) < 4.78 is 1.96. The van der Waals surface area contributed by atoms with E-state index >= 15 is 0 Å². The maximum atomic E-state index is 12.9. The monoisotopic (exact) mass is 422 g/mol. The van der Waals surface area contributed by atoms with E-state index in [1.165, 1.54) is 11.8 Å². The van der Waals surface area contributed by atoms with Gasteiger partial charge in [0.1, 0.15) is 5.82 Å². The Morgan fingerprint density at radius 2 is 1.70 bits per heavy atom. The lowest BCUT2D eigenvalue weighted by molar-refractivity contribution is -0.118. The average Bonchev–Trinajstić information content (AvgIpc) is 3.07. The van der Waals surface area contributed by atoms with Crippen LogP contribution in [0.1, 0.15) is 42.5 Å². The molecule has 0 fully saturated rings. The van der Waals surface area contributed by atoms with Crippen molar-refractivity contribution in [3.8, 4) is 5.69 Å². The molecule has 6 nitrogen and oxygen atoms in total. The number of ketones is 1. The number of Topliss-reactive ketones (excluding diaryl/α,β-unsaturated/α-hetero) is 1. The van der Waals surface area contributed by atoms with Crippen molar-refractivity contribution in [1.29, 1.82) is 0 Å². The van der Waals surface area contributed by atoms with Crippen LogP contribution >= 0.6 is 11.8 Å².